The molecule has 2 atom stereocenters. The number of para-hydroxylation sites is 1. The summed E-state index contributed by atoms with van der Waals surface area (Å²) >= 11 is 0. The summed E-state index contributed by atoms with van der Waals surface area (Å²) < 4.78 is 42.2. The van der Waals surface area contributed by atoms with E-state index in [9.17, 15) is 37.1 Å². The summed E-state index contributed by atoms with van der Waals surface area (Å²) in [6, 6.07) is 2.95. The SMILES string of the molecule is CCNC(=O)CCC(NC(=O)C(CC(C)(C)C)NC(=O)CCc1ccccc1OC(F)(F)F)C(=O)C(=O)NC1CC1. The molecule has 1 aromatic rings. The topological polar surface area (TPSA) is 143 Å². The molecule has 2 unspecified atom stereocenters. The first-order chi connectivity index (χ1) is 19.1. The van der Waals surface area contributed by atoms with Gasteiger partial charge in [-0.15, -0.1) is 13.2 Å². The van der Waals surface area contributed by atoms with Crippen LogP contribution in [-0.4, -0.2) is 60.4 Å². The third-order valence-corrected chi connectivity index (χ3v) is 6.09. The summed E-state index contributed by atoms with van der Waals surface area (Å²) in [4.78, 5) is 63.5. The Balaban J connectivity index is 2.12. The van der Waals surface area contributed by atoms with Gasteiger partial charge < -0.3 is 26.0 Å². The first kappa shape index (κ1) is 33.6. The average Bonchev–Trinajstić information content (AvgIpc) is 3.67. The van der Waals surface area contributed by atoms with Gasteiger partial charge in [0.05, 0.1) is 6.04 Å². The molecule has 4 N–H and O–H groups in total. The zero-order valence-corrected chi connectivity index (χ0v) is 23.8. The Morgan fingerprint density at radius 1 is 0.951 bits per heavy atom. The van der Waals surface area contributed by atoms with Gasteiger partial charge in [0.15, 0.2) is 0 Å². The summed E-state index contributed by atoms with van der Waals surface area (Å²) in [5.41, 5.74) is -0.291. The third-order valence-electron chi connectivity index (χ3n) is 6.09. The number of carbonyl (C=O) groups excluding carboxylic acids is 5. The minimum absolute atomic E-state index is 0.0864. The molecule has 0 bridgehead atoms. The highest BCUT2D eigenvalue weighted by atomic mass is 19.4. The van der Waals surface area contributed by atoms with Crippen LogP contribution in [-0.2, 0) is 30.4 Å². The molecule has 1 aliphatic rings. The van der Waals surface area contributed by atoms with Crippen molar-refractivity contribution in [3.63, 3.8) is 0 Å². The van der Waals surface area contributed by atoms with Gasteiger partial charge >= 0.3 is 6.36 Å². The van der Waals surface area contributed by atoms with Crippen molar-refractivity contribution in [2.75, 3.05) is 6.54 Å². The van der Waals surface area contributed by atoms with Crippen LogP contribution in [0.1, 0.15) is 71.8 Å². The molecule has 1 aliphatic carbocycles. The fourth-order valence-corrected chi connectivity index (χ4v) is 4.02. The van der Waals surface area contributed by atoms with Crippen LogP contribution in [0.4, 0.5) is 13.2 Å². The number of amides is 4. The predicted molar refractivity (Wildman–Crippen MR) is 143 cm³/mol. The molecule has 0 aliphatic heterocycles. The number of ether oxygens (including phenoxy) is 1. The van der Waals surface area contributed by atoms with Gasteiger partial charge in [-0.05, 0) is 56.1 Å². The van der Waals surface area contributed by atoms with Crippen molar-refractivity contribution >= 4 is 29.4 Å². The van der Waals surface area contributed by atoms with E-state index in [0.29, 0.717) is 6.54 Å². The van der Waals surface area contributed by atoms with E-state index in [0.717, 1.165) is 18.9 Å². The smallest absolute Gasteiger partial charge is 0.406 e. The quantitative estimate of drug-likeness (QED) is 0.234. The maximum Gasteiger partial charge on any atom is 0.573 e. The normalized spacial score (nSPS) is 14.8. The summed E-state index contributed by atoms with van der Waals surface area (Å²) in [7, 11) is 0. The molecule has 10 nitrogen and oxygen atoms in total. The summed E-state index contributed by atoms with van der Waals surface area (Å²) in [5.74, 6) is -3.84. The van der Waals surface area contributed by atoms with E-state index >= 15 is 0 Å². The Kier molecular flexibility index (Phi) is 12.1. The van der Waals surface area contributed by atoms with Crippen molar-refractivity contribution in [2.45, 2.75) is 97.1 Å². The zero-order chi connectivity index (χ0) is 30.8. The Morgan fingerprint density at radius 3 is 2.20 bits per heavy atom. The molecule has 0 aromatic heterocycles. The number of hydrogen-bond donors (Lipinski definition) is 4. The van der Waals surface area contributed by atoms with Gasteiger partial charge in [-0.1, -0.05) is 39.0 Å². The molecule has 1 aromatic carbocycles. The highest BCUT2D eigenvalue weighted by molar-refractivity contribution is 6.38. The Morgan fingerprint density at radius 2 is 1.61 bits per heavy atom. The molecule has 13 heteroatoms. The molecule has 1 saturated carbocycles. The van der Waals surface area contributed by atoms with Crippen LogP contribution in [0, 0.1) is 5.41 Å². The Labute approximate surface area is 237 Å². The van der Waals surface area contributed by atoms with Crippen LogP contribution in [0.3, 0.4) is 0 Å². The maximum atomic E-state index is 13.3. The van der Waals surface area contributed by atoms with Crippen molar-refractivity contribution in [3.05, 3.63) is 29.8 Å². The van der Waals surface area contributed by atoms with E-state index in [1.165, 1.54) is 18.2 Å². The van der Waals surface area contributed by atoms with Gasteiger partial charge in [-0.2, -0.15) is 0 Å². The number of carbonyl (C=O) groups is 5. The molecule has 0 spiro atoms. The molecule has 2 rings (SSSR count). The summed E-state index contributed by atoms with van der Waals surface area (Å²) in [5, 5.41) is 10.3. The van der Waals surface area contributed by atoms with Crippen LogP contribution in [0.25, 0.3) is 0 Å². The number of benzene rings is 1. The molecular formula is C28H39F3N4O6. The van der Waals surface area contributed by atoms with Gasteiger partial charge in [-0.25, -0.2) is 0 Å². The van der Waals surface area contributed by atoms with Crippen molar-refractivity contribution < 1.29 is 41.9 Å². The first-order valence-corrected chi connectivity index (χ1v) is 13.6. The first-order valence-electron chi connectivity index (χ1n) is 13.6. The lowest BCUT2D eigenvalue weighted by molar-refractivity contribution is -0.274. The number of aryl methyl sites for hydroxylation is 1. The van der Waals surface area contributed by atoms with E-state index in [1.807, 2.05) is 20.8 Å². The van der Waals surface area contributed by atoms with Crippen LogP contribution < -0.4 is 26.0 Å². The average molecular weight is 585 g/mol. The van der Waals surface area contributed by atoms with Crippen LogP contribution in [0.15, 0.2) is 24.3 Å². The lowest BCUT2D eigenvalue weighted by atomic mass is 9.87. The van der Waals surface area contributed by atoms with Crippen LogP contribution in [0.5, 0.6) is 5.75 Å². The maximum absolute atomic E-state index is 13.3. The molecule has 0 saturated heterocycles. The van der Waals surface area contributed by atoms with Gasteiger partial charge in [-0.3, -0.25) is 24.0 Å². The third kappa shape index (κ3) is 13.0. The minimum Gasteiger partial charge on any atom is -0.406 e. The minimum atomic E-state index is -4.89. The number of hydrogen-bond acceptors (Lipinski definition) is 6. The van der Waals surface area contributed by atoms with Crippen LogP contribution in [0.2, 0.25) is 0 Å². The van der Waals surface area contributed by atoms with Crippen molar-refractivity contribution in [2.24, 2.45) is 5.41 Å². The largest absolute Gasteiger partial charge is 0.573 e. The highest BCUT2D eigenvalue weighted by Gasteiger charge is 2.35. The fourth-order valence-electron chi connectivity index (χ4n) is 4.02. The second kappa shape index (κ2) is 14.8. The molecule has 228 valence electrons. The number of Topliss-reactive ketones (excluding diaryl/α,β-unsaturated/α-hetero) is 1. The molecule has 0 radical (unpaired) electrons. The number of ketones is 1. The predicted octanol–water partition coefficient (Wildman–Crippen LogP) is 2.69. The van der Waals surface area contributed by atoms with E-state index < -0.39 is 53.1 Å². The Bertz CT molecular complexity index is 1100. The highest BCUT2D eigenvalue weighted by Crippen LogP contribution is 2.27. The van der Waals surface area contributed by atoms with E-state index in [-0.39, 0.29) is 49.6 Å². The van der Waals surface area contributed by atoms with Crippen molar-refractivity contribution in [1.82, 2.24) is 21.3 Å². The second-order valence-electron chi connectivity index (χ2n) is 11.2. The van der Waals surface area contributed by atoms with E-state index in [2.05, 4.69) is 26.0 Å². The summed E-state index contributed by atoms with van der Waals surface area (Å²) in [6.07, 6.45) is -3.80. The van der Waals surface area contributed by atoms with Gasteiger partial charge in [0, 0.05) is 25.4 Å². The zero-order valence-electron chi connectivity index (χ0n) is 23.8. The number of alkyl halides is 3. The lowest BCUT2D eigenvalue weighted by Crippen LogP contribution is -2.55. The molecule has 0 heterocycles. The van der Waals surface area contributed by atoms with Crippen LogP contribution >= 0.6 is 0 Å². The van der Waals surface area contributed by atoms with Gasteiger partial charge in [0.2, 0.25) is 23.5 Å². The van der Waals surface area contributed by atoms with Crippen molar-refractivity contribution in [3.8, 4) is 5.75 Å². The molecular weight excluding hydrogens is 545 g/mol. The number of rotatable bonds is 15. The van der Waals surface area contributed by atoms with E-state index in [1.54, 1.807) is 6.92 Å². The lowest BCUT2D eigenvalue weighted by Gasteiger charge is -2.28. The fraction of sp³-hybridized carbons (Fsp3) is 0.607. The molecule has 4 amide bonds. The molecule has 41 heavy (non-hydrogen) atoms. The van der Waals surface area contributed by atoms with Gasteiger partial charge in [0.1, 0.15) is 11.8 Å². The number of nitrogens with one attached hydrogen (secondary N) is 4. The summed E-state index contributed by atoms with van der Waals surface area (Å²) in [6.45, 7) is 7.62. The Hall–Kier alpha value is -3.64. The van der Waals surface area contributed by atoms with Crippen molar-refractivity contribution in [1.29, 1.82) is 0 Å². The van der Waals surface area contributed by atoms with E-state index in [4.69, 9.17) is 0 Å². The monoisotopic (exact) mass is 584 g/mol. The molecule has 1 fully saturated rings. The number of halogens is 3. The second-order valence-corrected chi connectivity index (χ2v) is 11.2. The standard InChI is InChI=1S/C28H39F3N4O6/c1-5-32-22(36)15-13-19(24(38)26(40)33-18-11-12-18)35-25(39)20(16-27(2,3)4)34-23(37)14-10-17-8-6-7-9-21(17)41-28(29,30)31/h6-9,18-20H,5,10-16H2,1-4H3,(H,32,36)(H,33,40)(H,34,37)(H,35,39). The van der Waals surface area contributed by atoms with Gasteiger partial charge in [0.25, 0.3) is 5.91 Å².